The van der Waals surface area contributed by atoms with Gasteiger partial charge in [0, 0.05) is 55.4 Å². The van der Waals surface area contributed by atoms with E-state index in [1.807, 2.05) is 24.3 Å². The Morgan fingerprint density at radius 1 is 1.10 bits per heavy atom. The molecule has 4 rings (SSSR count). The normalized spacial score (nSPS) is 15.1. The van der Waals surface area contributed by atoms with Gasteiger partial charge in [-0.3, -0.25) is 19.9 Å². The van der Waals surface area contributed by atoms with E-state index in [2.05, 4.69) is 19.9 Å². The molecule has 0 unspecified atom stereocenters. The summed E-state index contributed by atoms with van der Waals surface area (Å²) in [5.74, 6) is 1.68. The zero-order valence-corrected chi connectivity index (χ0v) is 17.6. The van der Waals surface area contributed by atoms with Crippen LogP contribution in [0.5, 0.6) is 5.75 Å². The fourth-order valence-electron chi connectivity index (χ4n) is 3.38. The topological polar surface area (TPSA) is 97.8 Å². The number of hydrogen-bond acceptors (Lipinski definition) is 8. The Bertz CT molecular complexity index is 1020. The number of rotatable bonds is 8. The molecule has 10 heteroatoms. The zero-order chi connectivity index (χ0) is 21.6. The number of halogens is 1. The SMILES string of the molecule is O=[N+]([O-])c1cccc(-c2noc(CN3CCN(CCOc4ccc(Cl)cc4)CC3)n2)c1. The molecule has 0 bridgehead atoms. The first-order chi connectivity index (χ1) is 15.1. The number of nitro groups is 1. The first-order valence-corrected chi connectivity index (χ1v) is 10.3. The number of aromatic nitrogens is 2. The lowest BCUT2D eigenvalue weighted by molar-refractivity contribution is -0.384. The average molecular weight is 444 g/mol. The van der Waals surface area contributed by atoms with E-state index in [4.69, 9.17) is 20.9 Å². The molecule has 1 aliphatic heterocycles. The highest BCUT2D eigenvalue weighted by atomic mass is 35.5. The Labute approximate surface area is 184 Å². The standard InChI is InChI=1S/C21H22ClN5O4/c22-17-4-6-19(7-5-17)30-13-12-25-8-10-26(11-9-25)15-20-23-21(24-31-20)16-2-1-3-18(14-16)27(28)29/h1-7,14H,8-13,15H2. The smallest absolute Gasteiger partial charge is 0.270 e. The molecule has 0 N–H and O–H groups in total. The summed E-state index contributed by atoms with van der Waals surface area (Å²) in [5, 5.41) is 15.6. The number of ether oxygens (including phenoxy) is 1. The average Bonchev–Trinajstić information content (AvgIpc) is 3.25. The second-order valence-corrected chi connectivity index (χ2v) is 7.68. The van der Waals surface area contributed by atoms with E-state index in [0.717, 1.165) is 38.5 Å². The maximum Gasteiger partial charge on any atom is 0.270 e. The molecule has 0 amide bonds. The van der Waals surface area contributed by atoms with Gasteiger partial charge in [-0.2, -0.15) is 4.98 Å². The molecule has 1 aromatic heterocycles. The molecule has 3 aromatic rings. The molecule has 31 heavy (non-hydrogen) atoms. The first-order valence-electron chi connectivity index (χ1n) is 9.97. The maximum atomic E-state index is 10.9. The predicted molar refractivity (Wildman–Crippen MR) is 115 cm³/mol. The van der Waals surface area contributed by atoms with Crippen LogP contribution in [-0.2, 0) is 6.54 Å². The van der Waals surface area contributed by atoms with E-state index in [0.29, 0.717) is 35.5 Å². The third kappa shape index (κ3) is 5.78. The molecule has 1 aliphatic rings. The van der Waals surface area contributed by atoms with Crippen molar-refractivity contribution in [2.45, 2.75) is 6.54 Å². The summed E-state index contributed by atoms with van der Waals surface area (Å²) in [4.78, 5) is 19.5. The van der Waals surface area contributed by atoms with Gasteiger partial charge in [0.05, 0.1) is 11.5 Å². The van der Waals surface area contributed by atoms with Crippen LogP contribution in [0.1, 0.15) is 5.89 Å². The van der Waals surface area contributed by atoms with Gasteiger partial charge in [-0.1, -0.05) is 28.9 Å². The van der Waals surface area contributed by atoms with E-state index in [1.54, 1.807) is 12.1 Å². The highest BCUT2D eigenvalue weighted by Crippen LogP contribution is 2.22. The van der Waals surface area contributed by atoms with Crippen LogP contribution >= 0.6 is 11.6 Å². The lowest BCUT2D eigenvalue weighted by atomic mass is 10.2. The van der Waals surface area contributed by atoms with Gasteiger partial charge >= 0.3 is 0 Å². The van der Waals surface area contributed by atoms with Gasteiger partial charge in [0.15, 0.2) is 0 Å². The Kier molecular flexibility index (Phi) is 6.76. The Morgan fingerprint density at radius 3 is 2.58 bits per heavy atom. The van der Waals surface area contributed by atoms with Crippen molar-refractivity contribution in [2.24, 2.45) is 0 Å². The summed E-state index contributed by atoms with van der Waals surface area (Å²) < 4.78 is 11.1. The van der Waals surface area contributed by atoms with Crippen LogP contribution in [0.15, 0.2) is 53.1 Å². The molecule has 0 saturated carbocycles. The van der Waals surface area contributed by atoms with Crippen LogP contribution in [0.25, 0.3) is 11.4 Å². The number of non-ortho nitro benzene ring substituents is 1. The second kappa shape index (κ2) is 9.86. The minimum Gasteiger partial charge on any atom is -0.492 e. The minimum atomic E-state index is -0.440. The number of nitro benzene ring substituents is 1. The van der Waals surface area contributed by atoms with Crippen LogP contribution in [0.2, 0.25) is 5.02 Å². The van der Waals surface area contributed by atoms with E-state index in [1.165, 1.54) is 12.1 Å². The van der Waals surface area contributed by atoms with Crippen molar-refractivity contribution in [3.05, 3.63) is 69.6 Å². The van der Waals surface area contributed by atoms with Crippen LogP contribution < -0.4 is 4.74 Å². The summed E-state index contributed by atoms with van der Waals surface area (Å²) >= 11 is 5.88. The van der Waals surface area contributed by atoms with E-state index in [9.17, 15) is 10.1 Å². The molecule has 2 aromatic carbocycles. The zero-order valence-electron chi connectivity index (χ0n) is 16.8. The van der Waals surface area contributed by atoms with Gasteiger partial charge in [0.1, 0.15) is 12.4 Å². The molecule has 9 nitrogen and oxygen atoms in total. The third-order valence-corrected chi connectivity index (χ3v) is 5.35. The highest BCUT2D eigenvalue weighted by molar-refractivity contribution is 6.30. The quantitative estimate of drug-likeness (QED) is 0.385. The monoisotopic (exact) mass is 443 g/mol. The molecule has 1 fully saturated rings. The van der Waals surface area contributed by atoms with Crippen molar-refractivity contribution >= 4 is 17.3 Å². The molecule has 1 saturated heterocycles. The summed E-state index contributed by atoms with van der Waals surface area (Å²) in [6.07, 6.45) is 0. The molecule has 0 atom stereocenters. The Balaban J connectivity index is 1.23. The van der Waals surface area contributed by atoms with Crippen LogP contribution in [0.4, 0.5) is 5.69 Å². The van der Waals surface area contributed by atoms with Crippen LogP contribution in [0.3, 0.4) is 0 Å². The second-order valence-electron chi connectivity index (χ2n) is 7.24. The van der Waals surface area contributed by atoms with Gasteiger partial charge in [-0.15, -0.1) is 0 Å². The number of hydrogen-bond donors (Lipinski definition) is 0. The molecule has 2 heterocycles. The van der Waals surface area contributed by atoms with Gasteiger partial charge in [-0.05, 0) is 24.3 Å². The Hall–Kier alpha value is -3.01. The Morgan fingerprint density at radius 2 is 1.84 bits per heavy atom. The number of nitrogens with zero attached hydrogens (tertiary/aromatic N) is 5. The van der Waals surface area contributed by atoms with Crippen LogP contribution in [-0.4, -0.2) is 64.2 Å². The first kappa shape index (κ1) is 21.2. The highest BCUT2D eigenvalue weighted by Gasteiger charge is 2.20. The van der Waals surface area contributed by atoms with Crippen molar-refractivity contribution in [2.75, 3.05) is 39.3 Å². The molecule has 0 spiro atoms. The van der Waals surface area contributed by atoms with Crippen LogP contribution in [0, 0.1) is 10.1 Å². The lowest BCUT2D eigenvalue weighted by Gasteiger charge is -2.33. The summed E-state index contributed by atoms with van der Waals surface area (Å²) in [6, 6.07) is 13.6. The minimum absolute atomic E-state index is 0.0000129. The summed E-state index contributed by atoms with van der Waals surface area (Å²) in [7, 11) is 0. The van der Waals surface area contributed by atoms with E-state index in [-0.39, 0.29) is 5.69 Å². The van der Waals surface area contributed by atoms with Gasteiger partial charge in [0.2, 0.25) is 11.7 Å². The summed E-state index contributed by atoms with van der Waals surface area (Å²) in [5.41, 5.74) is 0.565. The molecule has 0 aliphatic carbocycles. The lowest BCUT2D eigenvalue weighted by Crippen LogP contribution is -2.47. The fourth-order valence-corrected chi connectivity index (χ4v) is 3.51. The molecular formula is C21H22ClN5O4. The van der Waals surface area contributed by atoms with Crippen molar-refractivity contribution in [3.63, 3.8) is 0 Å². The van der Waals surface area contributed by atoms with Crippen molar-refractivity contribution in [3.8, 4) is 17.1 Å². The van der Waals surface area contributed by atoms with Crippen molar-refractivity contribution < 1.29 is 14.2 Å². The van der Waals surface area contributed by atoms with E-state index >= 15 is 0 Å². The van der Waals surface area contributed by atoms with Gasteiger partial charge < -0.3 is 9.26 Å². The maximum absolute atomic E-state index is 10.9. The fraction of sp³-hybridized carbons (Fsp3) is 0.333. The van der Waals surface area contributed by atoms with Gasteiger partial charge in [-0.25, -0.2) is 0 Å². The number of piperazine rings is 1. The predicted octanol–water partition coefficient (Wildman–Crippen LogP) is 3.49. The molecule has 162 valence electrons. The molecule has 0 radical (unpaired) electrons. The number of benzene rings is 2. The summed E-state index contributed by atoms with van der Waals surface area (Å²) in [6.45, 7) is 5.65. The largest absolute Gasteiger partial charge is 0.492 e. The van der Waals surface area contributed by atoms with Crippen molar-refractivity contribution in [1.29, 1.82) is 0 Å². The molecular weight excluding hydrogens is 422 g/mol. The van der Waals surface area contributed by atoms with Crippen molar-refractivity contribution in [1.82, 2.24) is 19.9 Å². The third-order valence-electron chi connectivity index (χ3n) is 5.10. The van der Waals surface area contributed by atoms with Gasteiger partial charge in [0.25, 0.3) is 5.69 Å². The van der Waals surface area contributed by atoms with E-state index < -0.39 is 4.92 Å².